The monoisotopic (exact) mass is 233 g/mol. The minimum absolute atomic E-state index is 0.0457. The standard InChI is InChI=1S/C13H19N3O/c1-4-7-14-12-10-6-5-9(16(2)3)8-11(10)15-13(12)17/h5-6,8,12,14H,4,7H2,1-3H3,(H,15,17). The van der Waals surface area contributed by atoms with E-state index in [2.05, 4.69) is 17.6 Å². The molecule has 1 aromatic carbocycles. The predicted octanol–water partition coefficient (Wildman–Crippen LogP) is 1.75. The van der Waals surface area contributed by atoms with Gasteiger partial charge in [0.1, 0.15) is 6.04 Å². The van der Waals surface area contributed by atoms with E-state index in [1.165, 1.54) is 0 Å². The lowest BCUT2D eigenvalue weighted by Crippen LogP contribution is -2.27. The van der Waals surface area contributed by atoms with Gasteiger partial charge in [-0.25, -0.2) is 0 Å². The highest BCUT2D eigenvalue weighted by atomic mass is 16.2. The third-order valence-corrected chi connectivity index (χ3v) is 2.98. The quantitative estimate of drug-likeness (QED) is 0.832. The van der Waals surface area contributed by atoms with Crippen molar-refractivity contribution in [3.05, 3.63) is 23.8 Å². The van der Waals surface area contributed by atoms with E-state index in [1.54, 1.807) is 0 Å². The zero-order chi connectivity index (χ0) is 12.4. The summed E-state index contributed by atoms with van der Waals surface area (Å²) < 4.78 is 0. The predicted molar refractivity (Wildman–Crippen MR) is 70.4 cm³/mol. The van der Waals surface area contributed by atoms with Crippen LogP contribution in [0.1, 0.15) is 24.9 Å². The van der Waals surface area contributed by atoms with Crippen LogP contribution in [0.2, 0.25) is 0 Å². The van der Waals surface area contributed by atoms with E-state index in [4.69, 9.17) is 0 Å². The third kappa shape index (κ3) is 2.26. The summed E-state index contributed by atoms with van der Waals surface area (Å²) in [5.41, 5.74) is 3.07. The summed E-state index contributed by atoms with van der Waals surface area (Å²) in [5.74, 6) is 0.0457. The van der Waals surface area contributed by atoms with Gasteiger partial charge in [-0.2, -0.15) is 0 Å². The molecule has 17 heavy (non-hydrogen) atoms. The lowest BCUT2D eigenvalue weighted by Gasteiger charge is -2.14. The Kier molecular flexibility index (Phi) is 3.33. The molecule has 1 aliphatic rings. The van der Waals surface area contributed by atoms with Gasteiger partial charge in [0.2, 0.25) is 5.91 Å². The number of hydrogen-bond acceptors (Lipinski definition) is 3. The number of fused-ring (bicyclic) bond motifs is 1. The van der Waals surface area contributed by atoms with Gasteiger partial charge >= 0.3 is 0 Å². The first-order valence-electron chi connectivity index (χ1n) is 5.99. The van der Waals surface area contributed by atoms with Gasteiger partial charge < -0.3 is 15.5 Å². The van der Waals surface area contributed by atoms with Gasteiger partial charge in [0.25, 0.3) is 0 Å². The number of nitrogens with zero attached hydrogens (tertiary/aromatic N) is 1. The smallest absolute Gasteiger partial charge is 0.246 e. The molecule has 0 saturated heterocycles. The van der Waals surface area contributed by atoms with E-state index in [0.29, 0.717) is 0 Å². The Morgan fingerprint density at radius 2 is 2.18 bits per heavy atom. The first-order chi connectivity index (χ1) is 8.13. The molecule has 1 aromatic rings. The molecule has 1 heterocycles. The molecular weight excluding hydrogens is 214 g/mol. The van der Waals surface area contributed by atoms with Crippen molar-refractivity contribution in [2.45, 2.75) is 19.4 Å². The van der Waals surface area contributed by atoms with Crippen LogP contribution < -0.4 is 15.5 Å². The summed E-state index contributed by atoms with van der Waals surface area (Å²) in [7, 11) is 3.98. The fraction of sp³-hybridized carbons (Fsp3) is 0.462. The zero-order valence-corrected chi connectivity index (χ0v) is 10.6. The van der Waals surface area contributed by atoms with Crippen LogP contribution in [0.5, 0.6) is 0 Å². The van der Waals surface area contributed by atoms with Gasteiger partial charge in [-0.1, -0.05) is 13.0 Å². The first-order valence-corrected chi connectivity index (χ1v) is 5.99. The van der Waals surface area contributed by atoms with E-state index >= 15 is 0 Å². The molecule has 4 heteroatoms. The van der Waals surface area contributed by atoms with Crippen LogP contribution in [0.3, 0.4) is 0 Å². The Morgan fingerprint density at radius 1 is 1.41 bits per heavy atom. The Hall–Kier alpha value is -1.55. The van der Waals surface area contributed by atoms with E-state index in [1.807, 2.05) is 37.2 Å². The lowest BCUT2D eigenvalue weighted by atomic mass is 10.1. The number of rotatable bonds is 4. The molecule has 1 amide bonds. The fourth-order valence-corrected chi connectivity index (χ4v) is 2.02. The molecule has 0 aliphatic carbocycles. The average Bonchev–Trinajstić information content (AvgIpc) is 2.61. The molecule has 0 spiro atoms. The summed E-state index contributed by atoms with van der Waals surface area (Å²) in [6.45, 7) is 2.95. The number of amides is 1. The molecule has 0 bridgehead atoms. The van der Waals surface area contributed by atoms with Gasteiger partial charge in [-0.15, -0.1) is 0 Å². The second-order valence-electron chi connectivity index (χ2n) is 4.54. The van der Waals surface area contributed by atoms with E-state index < -0.39 is 0 Å². The summed E-state index contributed by atoms with van der Waals surface area (Å²) in [6.07, 6.45) is 1.02. The van der Waals surface area contributed by atoms with Crippen molar-refractivity contribution >= 4 is 17.3 Å². The number of benzene rings is 1. The van der Waals surface area contributed by atoms with Crippen molar-refractivity contribution in [3.8, 4) is 0 Å². The number of nitrogens with one attached hydrogen (secondary N) is 2. The van der Waals surface area contributed by atoms with Crippen LogP contribution in [0.4, 0.5) is 11.4 Å². The molecule has 2 rings (SSSR count). The Morgan fingerprint density at radius 3 is 2.82 bits per heavy atom. The molecule has 0 fully saturated rings. The van der Waals surface area contributed by atoms with Crippen LogP contribution in [0.15, 0.2) is 18.2 Å². The minimum Gasteiger partial charge on any atom is -0.378 e. The van der Waals surface area contributed by atoms with Crippen LogP contribution in [-0.2, 0) is 4.79 Å². The number of carbonyl (C=O) groups is 1. The van der Waals surface area contributed by atoms with E-state index in [0.717, 1.165) is 29.9 Å². The molecular formula is C13H19N3O. The number of anilines is 2. The van der Waals surface area contributed by atoms with Crippen molar-refractivity contribution in [3.63, 3.8) is 0 Å². The largest absolute Gasteiger partial charge is 0.378 e. The maximum Gasteiger partial charge on any atom is 0.246 e. The van der Waals surface area contributed by atoms with Crippen molar-refractivity contribution < 1.29 is 4.79 Å². The second kappa shape index (κ2) is 4.75. The van der Waals surface area contributed by atoms with Gasteiger partial charge in [0, 0.05) is 31.0 Å². The Bertz CT molecular complexity index is 429. The summed E-state index contributed by atoms with van der Waals surface area (Å²) in [6, 6.07) is 5.89. The molecule has 2 N–H and O–H groups in total. The van der Waals surface area contributed by atoms with Crippen molar-refractivity contribution in [2.75, 3.05) is 30.9 Å². The van der Waals surface area contributed by atoms with Gasteiger partial charge in [0.05, 0.1) is 0 Å². The Balaban J connectivity index is 2.25. The Labute approximate surface area is 102 Å². The number of carbonyl (C=O) groups excluding carboxylic acids is 1. The first kappa shape index (κ1) is 11.9. The zero-order valence-electron chi connectivity index (χ0n) is 10.6. The molecule has 92 valence electrons. The molecule has 0 saturated carbocycles. The normalized spacial score (nSPS) is 17.8. The number of hydrogen-bond donors (Lipinski definition) is 2. The van der Waals surface area contributed by atoms with Crippen LogP contribution in [0.25, 0.3) is 0 Å². The molecule has 0 radical (unpaired) electrons. The highest BCUT2D eigenvalue weighted by Gasteiger charge is 2.29. The highest BCUT2D eigenvalue weighted by Crippen LogP contribution is 2.33. The maximum absolute atomic E-state index is 11.8. The summed E-state index contributed by atoms with van der Waals surface area (Å²) in [5, 5.41) is 6.18. The van der Waals surface area contributed by atoms with Gasteiger partial charge in [0.15, 0.2) is 0 Å². The summed E-state index contributed by atoms with van der Waals surface area (Å²) >= 11 is 0. The average molecular weight is 233 g/mol. The summed E-state index contributed by atoms with van der Waals surface area (Å²) in [4.78, 5) is 13.9. The fourth-order valence-electron chi connectivity index (χ4n) is 2.02. The van der Waals surface area contributed by atoms with E-state index in [-0.39, 0.29) is 11.9 Å². The lowest BCUT2D eigenvalue weighted by molar-refractivity contribution is -0.117. The van der Waals surface area contributed by atoms with Crippen molar-refractivity contribution in [2.24, 2.45) is 0 Å². The second-order valence-corrected chi connectivity index (χ2v) is 4.54. The topological polar surface area (TPSA) is 44.4 Å². The molecule has 1 aliphatic heterocycles. The SMILES string of the molecule is CCCNC1C(=O)Nc2cc(N(C)C)ccc21. The van der Waals surface area contributed by atoms with Crippen LogP contribution in [0, 0.1) is 0 Å². The van der Waals surface area contributed by atoms with Crippen molar-refractivity contribution in [1.29, 1.82) is 0 Å². The van der Waals surface area contributed by atoms with Gasteiger partial charge in [-0.05, 0) is 25.1 Å². The third-order valence-electron chi connectivity index (χ3n) is 2.98. The van der Waals surface area contributed by atoms with Crippen LogP contribution in [-0.4, -0.2) is 26.5 Å². The minimum atomic E-state index is -0.193. The highest BCUT2D eigenvalue weighted by molar-refractivity contribution is 6.03. The maximum atomic E-state index is 11.8. The molecule has 0 aromatic heterocycles. The molecule has 1 atom stereocenters. The van der Waals surface area contributed by atoms with E-state index in [9.17, 15) is 4.79 Å². The molecule has 1 unspecified atom stereocenters. The van der Waals surface area contributed by atoms with Gasteiger partial charge in [-0.3, -0.25) is 4.79 Å². The molecule has 4 nitrogen and oxygen atoms in total. The van der Waals surface area contributed by atoms with Crippen LogP contribution >= 0.6 is 0 Å². The van der Waals surface area contributed by atoms with Crippen molar-refractivity contribution in [1.82, 2.24) is 5.32 Å².